The van der Waals surface area contributed by atoms with Crippen molar-refractivity contribution in [1.29, 1.82) is 0 Å². The lowest BCUT2D eigenvalue weighted by molar-refractivity contribution is -0.203. The standard InChI is InChI=1S/C22H32N2O6/c1-21(2,3)29-19(26)18(13-10-14-23-16-25)24(20(27)30-22(4,5)6)28-15-17-11-8-7-9-12-17/h7-9,11-12,18H,10,13-15H2,1-6H3/t18-/m0/s1. The molecule has 0 bridgehead atoms. The zero-order valence-corrected chi connectivity index (χ0v) is 18.6. The second kappa shape index (κ2) is 11.5. The van der Waals surface area contributed by atoms with Crippen molar-refractivity contribution in [3.63, 3.8) is 0 Å². The van der Waals surface area contributed by atoms with Crippen LogP contribution in [0.4, 0.5) is 4.79 Å². The Bertz CT molecular complexity index is 730. The number of hydroxylamine groups is 2. The Kier molecular flexibility index (Phi) is 9.69. The molecule has 1 rings (SSSR count). The number of esters is 1. The summed E-state index contributed by atoms with van der Waals surface area (Å²) in [7, 11) is 0. The monoisotopic (exact) mass is 420 g/mol. The molecule has 0 saturated carbocycles. The van der Waals surface area contributed by atoms with E-state index in [1.165, 1.54) is 6.08 Å². The lowest BCUT2D eigenvalue weighted by Crippen LogP contribution is -2.49. The summed E-state index contributed by atoms with van der Waals surface area (Å²) in [6.07, 6.45) is 1.19. The fourth-order valence-electron chi connectivity index (χ4n) is 2.41. The van der Waals surface area contributed by atoms with Crippen LogP contribution in [0.25, 0.3) is 0 Å². The van der Waals surface area contributed by atoms with Gasteiger partial charge in [-0.1, -0.05) is 30.3 Å². The van der Waals surface area contributed by atoms with Crippen LogP contribution in [-0.4, -0.2) is 47.0 Å². The summed E-state index contributed by atoms with van der Waals surface area (Å²) in [5, 5.41) is 0.928. The minimum absolute atomic E-state index is 0.0614. The maximum Gasteiger partial charge on any atom is 0.435 e. The average Bonchev–Trinajstić information content (AvgIpc) is 2.61. The molecule has 0 aliphatic carbocycles. The van der Waals surface area contributed by atoms with Gasteiger partial charge in [0.05, 0.1) is 6.54 Å². The van der Waals surface area contributed by atoms with Crippen molar-refractivity contribution < 1.29 is 28.7 Å². The first-order chi connectivity index (χ1) is 13.9. The van der Waals surface area contributed by atoms with Gasteiger partial charge in [-0.15, -0.1) is 0 Å². The molecule has 1 amide bonds. The molecule has 1 atom stereocenters. The molecule has 0 N–H and O–H groups in total. The normalized spacial score (nSPS) is 12.5. The number of hydrogen-bond acceptors (Lipinski definition) is 7. The van der Waals surface area contributed by atoms with Gasteiger partial charge in [0, 0.05) is 0 Å². The van der Waals surface area contributed by atoms with E-state index in [9.17, 15) is 14.4 Å². The van der Waals surface area contributed by atoms with Crippen molar-refractivity contribution in [3.05, 3.63) is 35.9 Å². The topological polar surface area (TPSA) is 94.5 Å². The Morgan fingerprint density at radius 1 is 1.03 bits per heavy atom. The van der Waals surface area contributed by atoms with E-state index in [0.717, 1.165) is 10.6 Å². The highest BCUT2D eigenvalue weighted by Gasteiger charge is 2.37. The quantitative estimate of drug-likeness (QED) is 0.196. The van der Waals surface area contributed by atoms with Crippen molar-refractivity contribution in [2.45, 2.75) is 78.2 Å². The van der Waals surface area contributed by atoms with E-state index in [4.69, 9.17) is 14.3 Å². The van der Waals surface area contributed by atoms with E-state index >= 15 is 0 Å². The van der Waals surface area contributed by atoms with Crippen molar-refractivity contribution in [2.24, 2.45) is 4.99 Å². The molecule has 0 aromatic heterocycles. The summed E-state index contributed by atoms with van der Waals surface area (Å²) in [5.41, 5.74) is -0.722. The van der Waals surface area contributed by atoms with Gasteiger partial charge in [-0.3, -0.25) is 4.84 Å². The van der Waals surface area contributed by atoms with Gasteiger partial charge in [-0.2, -0.15) is 5.06 Å². The lowest BCUT2D eigenvalue weighted by Gasteiger charge is -2.33. The van der Waals surface area contributed by atoms with E-state index in [2.05, 4.69) is 4.99 Å². The third kappa shape index (κ3) is 10.2. The number of isocyanates is 1. The Hall–Kier alpha value is -2.70. The van der Waals surface area contributed by atoms with Crippen LogP contribution in [0.15, 0.2) is 35.3 Å². The smallest absolute Gasteiger partial charge is 0.435 e. The predicted octanol–water partition coefficient (Wildman–Crippen LogP) is 4.18. The van der Waals surface area contributed by atoms with Gasteiger partial charge in [-0.05, 0) is 59.9 Å². The van der Waals surface area contributed by atoms with Crippen molar-refractivity contribution in [3.8, 4) is 0 Å². The molecule has 8 nitrogen and oxygen atoms in total. The zero-order valence-electron chi connectivity index (χ0n) is 18.6. The number of amides is 1. The van der Waals surface area contributed by atoms with E-state index in [1.807, 2.05) is 30.3 Å². The molecule has 30 heavy (non-hydrogen) atoms. The van der Waals surface area contributed by atoms with Gasteiger partial charge in [0.2, 0.25) is 6.08 Å². The number of ether oxygens (including phenoxy) is 2. The first-order valence-corrected chi connectivity index (χ1v) is 9.88. The number of aliphatic imine (C=N–C) groups is 1. The molecule has 0 unspecified atom stereocenters. The lowest BCUT2D eigenvalue weighted by atomic mass is 10.1. The van der Waals surface area contributed by atoms with Crippen LogP contribution in [0.1, 0.15) is 59.9 Å². The summed E-state index contributed by atoms with van der Waals surface area (Å²) >= 11 is 0. The predicted molar refractivity (Wildman–Crippen MR) is 111 cm³/mol. The van der Waals surface area contributed by atoms with Gasteiger partial charge in [0.25, 0.3) is 0 Å². The van der Waals surface area contributed by atoms with E-state index in [-0.39, 0.29) is 19.6 Å². The molecular formula is C22H32N2O6. The van der Waals surface area contributed by atoms with Gasteiger partial charge in [-0.25, -0.2) is 19.4 Å². The Labute approximate surface area is 178 Å². The van der Waals surface area contributed by atoms with Gasteiger partial charge in [0.15, 0.2) is 6.04 Å². The molecule has 0 fully saturated rings. The number of carbonyl (C=O) groups is 2. The number of rotatable bonds is 9. The van der Waals surface area contributed by atoms with Crippen LogP contribution in [0, 0.1) is 0 Å². The highest BCUT2D eigenvalue weighted by Crippen LogP contribution is 2.20. The Balaban J connectivity index is 3.13. The fraction of sp³-hybridized carbons (Fsp3) is 0.591. The van der Waals surface area contributed by atoms with Crippen LogP contribution in [-0.2, 0) is 30.5 Å². The third-order valence-corrected chi connectivity index (χ3v) is 3.56. The van der Waals surface area contributed by atoms with E-state index in [0.29, 0.717) is 6.42 Å². The van der Waals surface area contributed by atoms with Crippen LogP contribution in [0.5, 0.6) is 0 Å². The summed E-state index contributed by atoms with van der Waals surface area (Å²) < 4.78 is 10.9. The molecule has 0 spiro atoms. The van der Waals surface area contributed by atoms with Gasteiger partial charge >= 0.3 is 12.1 Å². The van der Waals surface area contributed by atoms with Crippen LogP contribution < -0.4 is 0 Å². The molecule has 8 heteroatoms. The number of benzene rings is 1. The van der Waals surface area contributed by atoms with Crippen molar-refractivity contribution in [1.82, 2.24) is 5.06 Å². The highest BCUT2D eigenvalue weighted by molar-refractivity contribution is 5.81. The summed E-state index contributed by atoms with van der Waals surface area (Å²) in [6.45, 7) is 10.6. The molecular weight excluding hydrogens is 388 g/mol. The summed E-state index contributed by atoms with van der Waals surface area (Å²) in [4.78, 5) is 45.3. The van der Waals surface area contributed by atoms with Crippen molar-refractivity contribution in [2.75, 3.05) is 6.54 Å². The highest BCUT2D eigenvalue weighted by atomic mass is 16.7. The Morgan fingerprint density at radius 3 is 2.17 bits per heavy atom. The van der Waals surface area contributed by atoms with Gasteiger partial charge in [0.1, 0.15) is 17.8 Å². The first-order valence-electron chi connectivity index (χ1n) is 9.88. The van der Waals surface area contributed by atoms with Crippen molar-refractivity contribution >= 4 is 18.1 Å². The number of nitrogens with zero attached hydrogens (tertiary/aromatic N) is 2. The SMILES string of the molecule is CC(C)(C)OC(=O)[C@H](CCCN=C=O)N(OCc1ccccc1)C(=O)OC(C)(C)C. The molecule has 166 valence electrons. The van der Waals surface area contributed by atoms with Gasteiger partial charge < -0.3 is 9.47 Å². The molecule has 0 aliphatic heterocycles. The van der Waals surface area contributed by atoms with Crippen LogP contribution in [0.2, 0.25) is 0 Å². The molecule has 0 heterocycles. The minimum atomic E-state index is -1.07. The van der Waals surface area contributed by atoms with Crippen LogP contribution in [0.3, 0.4) is 0 Å². The second-order valence-electron chi connectivity index (χ2n) is 8.73. The molecule has 0 aliphatic rings. The summed E-state index contributed by atoms with van der Waals surface area (Å²) in [6, 6.07) is 8.18. The molecule has 1 aromatic carbocycles. The number of carbonyl (C=O) groups excluding carboxylic acids is 3. The largest absolute Gasteiger partial charge is 0.458 e. The molecule has 1 aromatic rings. The summed E-state index contributed by atoms with van der Waals surface area (Å²) in [5.74, 6) is -0.628. The fourth-order valence-corrected chi connectivity index (χ4v) is 2.41. The molecule has 0 saturated heterocycles. The zero-order chi connectivity index (χ0) is 22.8. The Morgan fingerprint density at radius 2 is 1.63 bits per heavy atom. The minimum Gasteiger partial charge on any atom is -0.458 e. The third-order valence-electron chi connectivity index (χ3n) is 3.56. The second-order valence-corrected chi connectivity index (χ2v) is 8.73. The maximum atomic E-state index is 12.9. The van der Waals surface area contributed by atoms with Crippen LogP contribution >= 0.6 is 0 Å². The molecule has 0 radical (unpaired) electrons. The van der Waals surface area contributed by atoms with E-state index < -0.39 is 29.3 Å². The average molecular weight is 421 g/mol. The first kappa shape index (κ1) is 25.3. The number of hydrogen-bond donors (Lipinski definition) is 0. The van der Waals surface area contributed by atoms with E-state index in [1.54, 1.807) is 41.5 Å². The maximum absolute atomic E-state index is 12.9.